The van der Waals surface area contributed by atoms with Gasteiger partial charge in [0.25, 0.3) is 5.91 Å². The van der Waals surface area contributed by atoms with Crippen LogP contribution in [0, 0.1) is 0 Å². The average Bonchev–Trinajstić information content (AvgIpc) is 2.76. The summed E-state index contributed by atoms with van der Waals surface area (Å²) in [4.78, 5) is 23.9. The first-order valence-corrected chi connectivity index (χ1v) is 5.98. The Kier molecular flexibility index (Phi) is 5.69. The van der Waals surface area contributed by atoms with Gasteiger partial charge in [-0.1, -0.05) is 60.7 Å². The maximum absolute atomic E-state index is 12.3. The van der Waals surface area contributed by atoms with Crippen LogP contribution >= 0.6 is 0 Å². The van der Waals surface area contributed by atoms with E-state index < -0.39 is 11.6 Å². The van der Waals surface area contributed by atoms with Crippen molar-refractivity contribution < 1.29 is 44.6 Å². The van der Waals surface area contributed by atoms with Gasteiger partial charge in [0, 0.05) is 0 Å². The van der Waals surface area contributed by atoms with Gasteiger partial charge in [0.15, 0.2) is 5.54 Å². The minimum atomic E-state index is -1.14. The van der Waals surface area contributed by atoms with E-state index >= 15 is 0 Å². The van der Waals surface area contributed by atoms with Crippen molar-refractivity contribution in [2.45, 2.75) is 5.54 Å². The second-order valence-electron chi connectivity index (χ2n) is 4.39. The van der Waals surface area contributed by atoms with Gasteiger partial charge in [-0.2, -0.15) is 0 Å². The van der Waals surface area contributed by atoms with E-state index in [-0.39, 0.29) is 40.9 Å². The molecule has 0 bridgehead atoms. The molecule has 21 heavy (non-hydrogen) atoms. The molecule has 1 aliphatic rings. The van der Waals surface area contributed by atoms with Gasteiger partial charge in [0.05, 0.1) is 0 Å². The van der Waals surface area contributed by atoms with Crippen LogP contribution < -0.4 is 40.2 Å². The molecule has 4 N–H and O–H groups in total. The van der Waals surface area contributed by atoms with Crippen LogP contribution in [0.25, 0.3) is 0 Å². The molecule has 2 aromatic carbocycles. The third kappa shape index (κ3) is 2.87. The van der Waals surface area contributed by atoms with Gasteiger partial charge < -0.3 is 10.8 Å². The standard InChI is InChI=1S/C15H12N2O2.Na.H2O/c18-13-15(17-14(19)16-13,11-7-3-1-4-8-11)12-9-5-2-6-10-12;;/h1-10H,(H2,16,17,18,19);;1H2/q;+1;. The van der Waals surface area contributed by atoms with Gasteiger partial charge in [-0.05, 0) is 11.1 Å². The number of carbonyl (C=O) groups excluding carboxylic acids is 2. The molecule has 1 heterocycles. The molecule has 5 nitrogen and oxygen atoms in total. The predicted molar refractivity (Wildman–Crippen MR) is 74.0 cm³/mol. The van der Waals surface area contributed by atoms with Crippen LogP contribution in [-0.2, 0) is 10.3 Å². The summed E-state index contributed by atoms with van der Waals surface area (Å²) in [6.45, 7) is 0. The average molecular weight is 293 g/mol. The Morgan fingerprint density at radius 2 is 1.19 bits per heavy atom. The fourth-order valence-corrected chi connectivity index (χ4v) is 2.40. The van der Waals surface area contributed by atoms with Crippen LogP contribution in [0.15, 0.2) is 60.7 Å². The van der Waals surface area contributed by atoms with E-state index in [1.165, 1.54) is 0 Å². The maximum Gasteiger partial charge on any atom is 1.00 e. The van der Waals surface area contributed by atoms with Crippen molar-refractivity contribution in [3.8, 4) is 0 Å². The minimum absolute atomic E-state index is 0. The summed E-state index contributed by atoms with van der Waals surface area (Å²) in [6, 6.07) is 18.0. The first-order chi connectivity index (χ1) is 9.23. The second-order valence-corrected chi connectivity index (χ2v) is 4.39. The fourth-order valence-electron chi connectivity index (χ4n) is 2.40. The summed E-state index contributed by atoms with van der Waals surface area (Å²) in [5.41, 5.74) is 0.341. The molecule has 0 unspecified atom stereocenters. The Balaban J connectivity index is 0.00000110. The second kappa shape index (κ2) is 6.87. The van der Waals surface area contributed by atoms with E-state index in [0.29, 0.717) is 0 Å². The van der Waals surface area contributed by atoms with Gasteiger partial charge in [0.1, 0.15) is 0 Å². The van der Waals surface area contributed by atoms with Gasteiger partial charge in [0.2, 0.25) is 0 Å². The molecule has 0 aromatic heterocycles. The molecule has 102 valence electrons. The number of rotatable bonds is 2. The van der Waals surface area contributed by atoms with Crippen LogP contribution in [0.5, 0.6) is 0 Å². The van der Waals surface area contributed by atoms with Crippen molar-refractivity contribution in [1.29, 1.82) is 0 Å². The van der Waals surface area contributed by atoms with Crippen LogP contribution in [-0.4, -0.2) is 17.4 Å². The molecular weight excluding hydrogens is 279 g/mol. The molecule has 2 aromatic rings. The summed E-state index contributed by atoms with van der Waals surface area (Å²) >= 11 is 0. The molecule has 0 spiro atoms. The van der Waals surface area contributed by atoms with Gasteiger partial charge in [-0.3, -0.25) is 10.1 Å². The van der Waals surface area contributed by atoms with Crippen LogP contribution in [0.1, 0.15) is 11.1 Å². The number of benzene rings is 2. The molecule has 1 aliphatic heterocycles. The number of imide groups is 1. The number of hydrogen-bond acceptors (Lipinski definition) is 2. The number of carbonyl (C=O) groups is 2. The van der Waals surface area contributed by atoms with Gasteiger partial charge in [-0.15, -0.1) is 0 Å². The minimum Gasteiger partial charge on any atom is -0.412 e. The Hall–Kier alpha value is -1.66. The Morgan fingerprint density at radius 3 is 1.52 bits per heavy atom. The van der Waals surface area contributed by atoms with Crippen LogP contribution in [0.2, 0.25) is 0 Å². The molecule has 0 atom stereocenters. The fraction of sp³-hybridized carbons (Fsp3) is 0.0667. The third-order valence-electron chi connectivity index (χ3n) is 3.28. The SMILES string of the molecule is O.O=C1NC(=O)C(c2ccccc2)(c2ccccc2)N1.[Na+]. The summed E-state index contributed by atoms with van der Waals surface area (Å²) < 4.78 is 0. The normalized spacial score (nSPS) is 15.2. The molecule has 0 radical (unpaired) electrons. The number of nitrogens with one attached hydrogen (secondary N) is 2. The van der Waals surface area contributed by atoms with Crippen molar-refractivity contribution in [3.63, 3.8) is 0 Å². The molecule has 0 aliphatic carbocycles. The third-order valence-corrected chi connectivity index (χ3v) is 3.28. The number of urea groups is 1. The number of hydrogen-bond donors (Lipinski definition) is 2. The van der Waals surface area contributed by atoms with Crippen LogP contribution in [0.4, 0.5) is 4.79 Å². The van der Waals surface area contributed by atoms with E-state index in [9.17, 15) is 9.59 Å². The van der Waals surface area contributed by atoms with E-state index in [4.69, 9.17) is 0 Å². The largest absolute Gasteiger partial charge is 1.00 e. The first kappa shape index (κ1) is 17.4. The zero-order chi connectivity index (χ0) is 13.3. The smallest absolute Gasteiger partial charge is 0.412 e. The molecule has 1 saturated heterocycles. The van der Waals surface area contributed by atoms with Crippen molar-refractivity contribution in [2.75, 3.05) is 0 Å². The van der Waals surface area contributed by atoms with Gasteiger partial charge in [-0.25, -0.2) is 4.79 Å². The molecular formula is C15H14N2NaO3+. The monoisotopic (exact) mass is 293 g/mol. The van der Waals surface area contributed by atoms with E-state index in [2.05, 4.69) is 10.6 Å². The van der Waals surface area contributed by atoms with E-state index in [1.54, 1.807) is 0 Å². The van der Waals surface area contributed by atoms with Crippen LogP contribution in [0.3, 0.4) is 0 Å². The molecule has 0 saturated carbocycles. The quantitative estimate of drug-likeness (QED) is 0.493. The zero-order valence-corrected chi connectivity index (χ0v) is 13.6. The molecule has 3 rings (SSSR count). The first-order valence-electron chi connectivity index (χ1n) is 5.98. The summed E-state index contributed by atoms with van der Waals surface area (Å²) in [5.74, 6) is -0.352. The predicted octanol–water partition coefficient (Wildman–Crippen LogP) is -2.05. The molecule has 1 fully saturated rings. The Labute approximate surface area is 144 Å². The summed E-state index contributed by atoms with van der Waals surface area (Å²) in [5, 5.41) is 5.07. The van der Waals surface area contributed by atoms with E-state index in [1.807, 2.05) is 60.7 Å². The van der Waals surface area contributed by atoms with Gasteiger partial charge >= 0.3 is 35.6 Å². The summed E-state index contributed by atoms with van der Waals surface area (Å²) in [6.07, 6.45) is 0. The zero-order valence-electron chi connectivity index (χ0n) is 11.6. The van der Waals surface area contributed by atoms with Crippen molar-refractivity contribution >= 4 is 11.9 Å². The topological polar surface area (TPSA) is 89.7 Å². The summed E-state index contributed by atoms with van der Waals surface area (Å²) in [7, 11) is 0. The van der Waals surface area contributed by atoms with E-state index in [0.717, 1.165) is 11.1 Å². The van der Waals surface area contributed by atoms with Crippen molar-refractivity contribution in [1.82, 2.24) is 10.6 Å². The van der Waals surface area contributed by atoms with Crippen molar-refractivity contribution in [3.05, 3.63) is 71.8 Å². The maximum atomic E-state index is 12.3. The molecule has 6 heteroatoms. The molecule has 3 amide bonds. The van der Waals surface area contributed by atoms with Crippen molar-refractivity contribution in [2.24, 2.45) is 0 Å². The number of amides is 3. The Morgan fingerprint density at radius 1 is 0.762 bits per heavy atom. The Bertz CT molecular complexity index is 592.